The lowest BCUT2D eigenvalue weighted by molar-refractivity contribution is 0.459. The summed E-state index contributed by atoms with van der Waals surface area (Å²) in [6.07, 6.45) is 4.41. The maximum absolute atomic E-state index is 13.9. The van der Waals surface area contributed by atoms with Gasteiger partial charge < -0.3 is 15.5 Å². The molecule has 1 fully saturated rings. The van der Waals surface area contributed by atoms with E-state index in [1.165, 1.54) is 11.6 Å². The van der Waals surface area contributed by atoms with E-state index in [2.05, 4.69) is 44.6 Å². The molecule has 7 heteroatoms. The van der Waals surface area contributed by atoms with Crippen LogP contribution in [0.25, 0.3) is 0 Å². The molecule has 0 spiro atoms. The number of halogens is 2. The van der Waals surface area contributed by atoms with Crippen LogP contribution in [0.15, 0.2) is 41.5 Å². The number of guanidine groups is 1. The van der Waals surface area contributed by atoms with Crippen molar-refractivity contribution in [1.29, 1.82) is 0 Å². The number of aliphatic imine (C=N–C) groups is 1. The van der Waals surface area contributed by atoms with Gasteiger partial charge >= 0.3 is 0 Å². The highest BCUT2D eigenvalue weighted by Gasteiger charge is 2.20. The lowest BCUT2D eigenvalue weighted by Gasteiger charge is -2.33. The summed E-state index contributed by atoms with van der Waals surface area (Å²) >= 11 is 6.10. The van der Waals surface area contributed by atoms with E-state index >= 15 is 0 Å². The fourth-order valence-corrected chi connectivity index (χ4v) is 3.72. The molecule has 0 saturated carbocycles. The largest absolute Gasteiger partial charge is 0.357 e. The quantitative estimate of drug-likeness (QED) is 0.552. The molecule has 0 radical (unpaired) electrons. The number of benzene rings is 1. The maximum atomic E-state index is 13.9. The third-order valence-corrected chi connectivity index (χ3v) is 5.45. The molecule has 0 bridgehead atoms. The Balaban J connectivity index is 1.52. The second-order valence-electron chi connectivity index (χ2n) is 7.31. The molecule has 2 heterocycles. The Bertz CT molecular complexity index is 796. The Morgan fingerprint density at radius 2 is 2.07 bits per heavy atom. The van der Waals surface area contributed by atoms with E-state index in [9.17, 15) is 4.39 Å². The molecule has 0 atom stereocenters. The standard InChI is InChI=1S/C22H29ClFN5/c1-3-25-22(26-12-9-18-19(23)5-4-6-20(18)24)28-17-10-13-29(14-11-17)21-8-7-16(2)15-27-21/h4-8,15,17H,3,9-14H2,1-2H3,(H2,25,26,28). The second-order valence-corrected chi connectivity index (χ2v) is 7.72. The van der Waals surface area contributed by atoms with E-state index in [0.29, 0.717) is 29.6 Å². The van der Waals surface area contributed by atoms with Gasteiger partial charge in [-0.1, -0.05) is 23.7 Å². The molecular weight excluding hydrogens is 389 g/mol. The van der Waals surface area contributed by atoms with Crippen molar-refractivity contribution in [2.45, 2.75) is 39.2 Å². The predicted molar refractivity (Wildman–Crippen MR) is 118 cm³/mol. The number of hydrogen-bond acceptors (Lipinski definition) is 3. The van der Waals surface area contributed by atoms with E-state index < -0.39 is 0 Å². The van der Waals surface area contributed by atoms with E-state index in [1.807, 2.05) is 13.1 Å². The number of pyridine rings is 1. The summed E-state index contributed by atoms with van der Waals surface area (Å²) in [7, 11) is 0. The van der Waals surface area contributed by atoms with Crippen LogP contribution >= 0.6 is 11.6 Å². The van der Waals surface area contributed by atoms with E-state index in [0.717, 1.165) is 44.3 Å². The Morgan fingerprint density at radius 3 is 2.72 bits per heavy atom. The Hall–Kier alpha value is -2.34. The lowest BCUT2D eigenvalue weighted by atomic mass is 10.1. The molecule has 2 aromatic rings. The van der Waals surface area contributed by atoms with Gasteiger partial charge in [0.2, 0.25) is 0 Å². The third kappa shape index (κ3) is 6.07. The van der Waals surface area contributed by atoms with Crippen LogP contribution in [0.5, 0.6) is 0 Å². The highest BCUT2D eigenvalue weighted by molar-refractivity contribution is 6.31. The van der Waals surface area contributed by atoms with Gasteiger partial charge in [-0.15, -0.1) is 0 Å². The number of hydrogen-bond donors (Lipinski definition) is 2. The van der Waals surface area contributed by atoms with Crippen LogP contribution in [0.1, 0.15) is 30.9 Å². The molecule has 29 heavy (non-hydrogen) atoms. The van der Waals surface area contributed by atoms with Crippen LogP contribution in [0.3, 0.4) is 0 Å². The van der Waals surface area contributed by atoms with Crippen molar-refractivity contribution in [2.75, 3.05) is 31.1 Å². The Kier molecular flexibility index (Phi) is 7.69. The van der Waals surface area contributed by atoms with Crippen LogP contribution in [-0.4, -0.2) is 43.2 Å². The van der Waals surface area contributed by atoms with Gasteiger partial charge in [0.15, 0.2) is 5.96 Å². The van der Waals surface area contributed by atoms with Gasteiger partial charge in [-0.2, -0.15) is 0 Å². The second kappa shape index (κ2) is 10.4. The summed E-state index contributed by atoms with van der Waals surface area (Å²) in [5.41, 5.74) is 1.70. The van der Waals surface area contributed by atoms with Gasteiger partial charge in [0.1, 0.15) is 11.6 Å². The first-order chi connectivity index (χ1) is 14.1. The minimum atomic E-state index is -0.275. The first-order valence-corrected chi connectivity index (χ1v) is 10.6. The van der Waals surface area contributed by atoms with Gasteiger partial charge in [0.05, 0.1) is 0 Å². The van der Waals surface area contributed by atoms with Gasteiger partial charge in [-0.3, -0.25) is 4.99 Å². The number of nitrogens with zero attached hydrogens (tertiary/aromatic N) is 3. The molecular formula is C22H29ClFN5. The highest BCUT2D eigenvalue weighted by atomic mass is 35.5. The summed E-state index contributed by atoms with van der Waals surface area (Å²) in [6, 6.07) is 9.31. The molecule has 1 aliphatic rings. The minimum Gasteiger partial charge on any atom is -0.357 e. The summed E-state index contributed by atoms with van der Waals surface area (Å²) in [4.78, 5) is 11.5. The highest BCUT2D eigenvalue weighted by Crippen LogP contribution is 2.20. The summed E-state index contributed by atoms with van der Waals surface area (Å²) in [5, 5.41) is 7.25. The van der Waals surface area contributed by atoms with Crippen molar-refractivity contribution >= 4 is 23.4 Å². The van der Waals surface area contributed by atoms with E-state index in [1.54, 1.807) is 12.1 Å². The molecule has 0 aliphatic carbocycles. The van der Waals surface area contributed by atoms with Crippen LogP contribution in [0.4, 0.5) is 10.2 Å². The first kappa shape index (κ1) is 21.4. The average molecular weight is 418 g/mol. The van der Waals surface area contributed by atoms with Crippen molar-refractivity contribution in [1.82, 2.24) is 15.6 Å². The van der Waals surface area contributed by atoms with Crippen molar-refractivity contribution in [2.24, 2.45) is 4.99 Å². The fourth-order valence-electron chi connectivity index (χ4n) is 3.46. The maximum Gasteiger partial charge on any atom is 0.191 e. The normalized spacial score (nSPS) is 15.4. The summed E-state index contributed by atoms with van der Waals surface area (Å²) in [5.74, 6) is 1.53. The number of nitrogens with one attached hydrogen (secondary N) is 2. The average Bonchev–Trinajstić information content (AvgIpc) is 2.71. The van der Waals surface area contributed by atoms with Crippen LogP contribution < -0.4 is 15.5 Å². The molecule has 5 nitrogen and oxygen atoms in total. The number of rotatable bonds is 6. The molecule has 1 aromatic heterocycles. The fraction of sp³-hybridized carbons (Fsp3) is 0.455. The Labute approximate surface area is 177 Å². The molecule has 1 aliphatic heterocycles. The number of aromatic nitrogens is 1. The SMILES string of the molecule is CCNC(=NCCc1c(F)cccc1Cl)NC1CCN(c2ccc(C)cn2)CC1. The third-order valence-electron chi connectivity index (χ3n) is 5.09. The monoisotopic (exact) mass is 417 g/mol. The zero-order valence-corrected chi connectivity index (χ0v) is 17.8. The van der Waals surface area contributed by atoms with Crippen LogP contribution in [0, 0.1) is 12.7 Å². The van der Waals surface area contributed by atoms with Crippen molar-refractivity contribution in [3.05, 3.63) is 58.5 Å². The number of aryl methyl sites for hydroxylation is 1. The van der Waals surface area contributed by atoms with Crippen molar-refractivity contribution in [3.8, 4) is 0 Å². The van der Waals surface area contributed by atoms with Crippen LogP contribution in [0.2, 0.25) is 5.02 Å². The topological polar surface area (TPSA) is 52.6 Å². The molecule has 156 valence electrons. The molecule has 1 saturated heterocycles. The molecule has 2 N–H and O–H groups in total. The molecule has 3 rings (SSSR count). The molecule has 1 aromatic carbocycles. The van der Waals surface area contributed by atoms with Gasteiger partial charge in [0.25, 0.3) is 0 Å². The van der Waals surface area contributed by atoms with Gasteiger partial charge in [-0.05, 0) is 56.9 Å². The van der Waals surface area contributed by atoms with Gasteiger partial charge in [0, 0.05) is 49.0 Å². The predicted octanol–water partition coefficient (Wildman–Crippen LogP) is 3.95. The Morgan fingerprint density at radius 1 is 1.28 bits per heavy atom. The minimum absolute atomic E-state index is 0.275. The zero-order valence-electron chi connectivity index (χ0n) is 17.1. The molecule has 0 unspecified atom stereocenters. The van der Waals surface area contributed by atoms with E-state index in [4.69, 9.17) is 11.6 Å². The van der Waals surface area contributed by atoms with Crippen molar-refractivity contribution in [3.63, 3.8) is 0 Å². The van der Waals surface area contributed by atoms with Crippen LogP contribution in [-0.2, 0) is 6.42 Å². The molecule has 0 amide bonds. The lowest BCUT2D eigenvalue weighted by Crippen LogP contribution is -2.49. The number of piperidine rings is 1. The smallest absolute Gasteiger partial charge is 0.191 e. The first-order valence-electron chi connectivity index (χ1n) is 10.2. The summed E-state index contributed by atoms with van der Waals surface area (Å²) in [6.45, 7) is 7.25. The van der Waals surface area contributed by atoms with Gasteiger partial charge in [-0.25, -0.2) is 9.37 Å². The summed E-state index contributed by atoms with van der Waals surface area (Å²) < 4.78 is 13.9. The van der Waals surface area contributed by atoms with E-state index in [-0.39, 0.29) is 5.82 Å². The number of anilines is 1. The zero-order chi connectivity index (χ0) is 20.6. The van der Waals surface area contributed by atoms with Crippen molar-refractivity contribution < 1.29 is 4.39 Å².